The first kappa shape index (κ1) is 19.0. The minimum absolute atomic E-state index is 0.0439. The Morgan fingerprint density at radius 1 is 1.26 bits per heavy atom. The minimum atomic E-state index is -0.0993. The van der Waals surface area contributed by atoms with E-state index in [4.69, 9.17) is 4.74 Å². The van der Waals surface area contributed by atoms with Crippen LogP contribution in [0.5, 0.6) is 0 Å². The topological polar surface area (TPSA) is 69.0 Å². The van der Waals surface area contributed by atoms with E-state index in [9.17, 15) is 4.79 Å². The van der Waals surface area contributed by atoms with Gasteiger partial charge in [0.15, 0.2) is 5.65 Å². The fraction of sp³-hybridized carbons (Fsp3) is 0.381. The number of amides is 1. The molecule has 0 bridgehead atoms. The molecule has 3 rings (SSSR count). The molecule has 0 aliphatic carbocycles. The zero-order valence-electron chi connectivity index (χ0n) is 16.3. The standard InChI is InChI=1S/C21H26N4O2/c1-14-13-18(19-15(2)24-25(4)20(19)23-14)21(26)22-11-8-12-27-16(3)17-9-6-5-7-10-17/h5-7,9-10,13,16H,8,11-12H2,1-4H3,(H,22,26). The van der Waals surface area contributed by atoms with Crippen molar-refractivity contribution in [2.24, 2.45) is 7.05 Å². The lowest BCUT2D eigenvalue weighted by molar-refractivity contribution is 0.0635. The normalized spacial score (nSPS) is 12.3. The molecule has 6 heteroatoms. The van der Waals surface area contributed by atoms with Gasteiger partial charge in [0.25, 0.3) is 5.91 Å². The molecule has 1 unspecified atom stereocenters. The summed E-state index contributed by atoms with van der Waals surface area (Å²) in [5.41, 5.74) is 4.13. The number of hydrogen-bond acceptors (Lipinski definition) is 4. The van der Waals surface area contributed by atoms with Crippen molar-refractivity contribution in [3.05, 3.63) is 58.9 Å². The van der Waals surface area contributed by atoms with Crippen molar-refractivity contribution < 1.29 is 9.53 Å². The molecule has 2 heterocycles. The second-order valence-corrected chi connectivity index (χ2v) is 6.75. The number of benzene rings is 1. The fourth-order valence-electron chi connectivity index (χ4n) is 3.20. The average molecular weight is 366 g/mol. The first-order valence-electron chi connectivity index (χ1n) is 9.23. The number of carbonyl (C=O) groups is 1. The summed E-state index contributed by atoms with van der Waals surface area (Å²) >= 11 is 0. The zero-order chi connectivity index (χ0) is 19.4. The van der Waals surface area contributed by atoms with Crippen LogP contribution in [0.25, 0.3) is 11.0 Å². The lowest BCUT2D eigenvalue weighted by Gasteiger charge is -2.13. The van der Waals surface area contributed by atoms with Gasteiger partial charge >= 0.3 is 0 Å². The molecule has 1 N–H and O–H groups in total. The molecule has 1 atom stereocenters. The Balaban J connectivity index is 1.55. The van der Waals surface area contributed by atoms with Crippen LogP contribution in [0.15, 0.2) is 36.4 Å². The van der Waals surface area contributed by atoms with Gasteiger partial charge in [0.05, 0.1) is 22.7 Å². The SMILES string of the molecule is Cc1cc(C(=O)NCCCOC(C)c2ccccc2)c2c(C)nn(C)c2n1. The summed E-state index contributed by atoms with van der Waals surface area (Å²) < 4.78 is 7.57. The minimum Gasteiger partial charge on any atom is -0.374 e. The number of fused-ring (bicyclic) bond motifs is 1. The third-order valence-corrected chi connectivity index (χ3v) is 4.58. The van der Waals surface area contributed by atoms with E-state index in [-0.39, 0.29) is 12.0 Å². The molecule has 0 aliphatic rings. The predicted molar refractivity (Wildman–Crippen MR) is 106 cm³/mol. The molecule has 0 spiro atoms. The van der Waals surface area contributed by atoms with Gasteiger partial charge in [-0.05, 0) is 38.8 Å². The van der Waals surface area contributed by atoms with Crippen molar-refractivity contribution in [1.29, 1.82) is 0 Å². The number of hydrogen-bond donors (Lipinski definition) is 1. The molecule has 3 aromatic rings. The largest absolute Gasteiger partial charge is 0.374 e. The van der Waals surface area contributed by atoms with E-state index in [1.54, 1.807) is 4.68 Å². The molecule has 27 heavy (non-hydrogen) atoms. The molecule has 0 saturated heterocycles. The van der Waals surface area contributed by atoms with Gasteiger partial charge in [-0.3, -0.25) is 9.48 Å². The van der Waals surface area contributed by atoms with E-state index in [0.717, 1.165) is 34.4 Å². The van der Waals surface area contributed by atoms with Gasteiger partial charge in [-0.2, -0.15) is 5.10 Å². The Labute approximate surface area is 159 Å². The third kappa shape index (κ3) is 4.34. The summed E-state index contributed by atoms with van der Waals surface area (Å²) in [7, 11) is 1.84. The first-order chi connectivity index (χ1) is 13.0. The van der Waals surface area contributed by atoms with Crippen molar-refractivity contribution in [1.82, 2.24) is 20.1 Å². The molecule has 2 aromatic heterocycles. The van der Waals surface area contributed by atoms with Gasteiger partial charge in [-0.25, -0.2) is 4.98 Å². The van der Waals surface area contributed by atoms with Crippen LogP contribution in [-0.2, 0) is 11.8 Å². The summed E-state index contributed by atoms with van der Waals surface area (Å²) in [4.78, 5) is 17.2. The molecular weight excluding hydrogens is 340 g/mol. The van der Waals surface area contributed by atoms with Gasteiger partial charge in [-0.15, -0.1) is 0 Å². The van der Waals surface area contributed by atoms with E-state index in [0.29, 0.717) is 18.7 Å². The van der Waals surface area contributed by atoms with Crippen molar-refractivity contribution in [2.75, 3.05) is 13.2 Å². The second-order valence-electron chi connectivity index (χ2n) is 6.75. The highest BCUT2D eigenvalue weighted by Gasteiger charge is 2.17. The number of aromatic nitrogens is 3. The first-order valence-corrected chi connectivity index (χ1v) is 9.23. The summed E-state index contributed by atoms with van der Waals surface area (Å²) in [6.07, 6.45) is 0.796. The molecule has 0 radical (unpaired) electrons. The van der Waals surface area contributed by atoms with E-state index in [1.165, 1.54) is 0 Å². The summed E-state index contributed by atoms with van der Waals surface area (Å²) in [5.74, 6) is -0.0993. The maximum Gasteiger partial charge on any atom is 0.252 e. The Kier molecular flexibility index (Phi) is 5.86. The lowest BCUT2D eigenvalue weighted by atomic mass is 10.1. The molecule has 1 amide bonds. The van der Waals surface area contributed by atoms with Crippen LogP contribution in [-0.4, -0.2) is 33.8 Å². The van der Waals surface area contributed by atoms with Crippen molar-refractivity contribution in [3.63, 3.8) is 0 Å². The van der Waals surface area contributed by atoms with Gasteiger partial charge in [-0.1, -0.05) is 30.3 Å². The lowest BCUT2D eigenvalue weighted by Crippen LogP contribution is -2.26. The van der Waals surface area contributed by atoms with Gasteiger partial charge in [0.1, 0.15) is 0 Å². The number of rotatable bonds is 7. The fourth-order valence-corrected chi connectivity index (χ4v) is 3.20. The number of pyridine rings is 1. The molecule has 0 aliphatic heterocycles. The number of carbonyl (C=O) groups excluding carboxylic acids is 1. The van der Waals surface area contributed by atoms with Crippen LogP contribution in [0.4, 0.5) is 0 Å². The van der Waals surface area contributed by atoms with Crippen LogP contribution < -0.4 is 5.32 Å². The highest BCUT2D eigenvalue weighted by atomic mass is 16.5. The zero-order valence-corrected chi connectivity index (χ0v) is 16.3. The van der Waals surface area contributed by atoms with Crippen LogP contribution in [0.1, 0.15) is 46.8 Å². The quantitative estimate of drug-likeness (QED) is 0.650. The Hall–Kier alpha value is -2.73. The van der Waals surface area contributed by atoms with Crippen LogP contribution in [0.3, 0.4) is 0 Å². The van der Waals surface area contributed by atoms with E-state index in [2.05, 4.69) is 27.5 Å². The third-order valence-electron chi connectivity index (χ3n) is 4.58. The Morgan fingerprint density at radius 3 is 2.74 bits per heavy atom. The molecule has 0 fully saturated rings. The summed E-state index contributed by atoms with van der Waals surface area (Å²) in [6, 6.07) is 11.9. The van der Waals surface area contributed by atoms with E-state index >= 15 is 0 Å². The average Bonchev–Trinajstić information content (AvgIpc) is 2.94. The van der Waals surface area contributed by atoms with E-state index in [1.807, 2.05) is 52.1 Å². The summed E-state index contributed by atoms with van der Waals surface area (Å²) in [5, 5.41) is 8.19. The smallest absolute Gasteiger partial charge is 0.252 e. The maximum absolute atomic E-state index is 12.7. The highest BCUT2D eigenvalue weighted by Crippen LogP contribution is 2.21. The molecular formula is C21H26N4O2. The highest BCUT2D eigenvalue weighted by molar-refractivity contribution is 6.06. The molecule has 142 valence electrons. The van der Waals surface area contributed by atoms with Gasteiger partial charge in [0, 0.05) is 25.9 Å². The van der Waals surface area contributed by atoms with Crippen molar-refractivity contribution >= 4 is 16.9 Å². The van der Waals surface area contributed by atoms with Crippen LogP contribution in [0.2, 0.25) is 0 Å². The number of nitrogens with one attached hydrogen (secondary N) is 1. The Morgan fingerprint density at radius 2 is 2.00 bits per heavy atom. The monoisotopic (exact) mass is 366 g/mol. The van der Waals surface area contributed by atoms with Crippen molar-refractivity contribution in [3.8, 4) is 0 Å². The van der Waals surface area contributed by atoms with Crippen LogP contribution >= 0.6 is 0 Å². The predicted octanol–water partition coefficient (Wildman–Crippen LogP) is 3.48. The van der Waals surface area contributed by atoms with Crippen molar-refractivity contribution in [2.45, 2.75) is 33.3 Å². The van der Waals surface area contributed by atoms with Crippen LogP contribution in [0, 0.1) is 13.8 Å². The molecule has 1 aromatic carbocycles. The number of ether oxygens (including phenoxy) is 1. The van der Waals surface area contributed by atoms with Gasteiger partial charge < -0.3 is 10.1 Å². The summed E-state index contributed by atoms with van der Waals surface area (Å²) in [6.45, 7) is 6.97. The van der Waals surface area contributed by atoms with E-state index < -0.39 is 0 Å². The number of aryl methyl sites for hydroxylation is 3. The van der Waals surface area contributed by atoms with Gasteiger partial charge in [0.2, 0.25) is 0 Å². The second kappa shape index (κ2) is 8.31. The number of nitrogens with zero attached hydrogens (tertiary/aromatic N) is 3. The Bertz CT molecular complexity index is 934. The maximum atomic E-state index is 12.7. The molecule has 0 saturated carbocycles. The molecule has 6 nitrogen and oxygen atoms in total.